The van der Waals surface area contributed by atoms with Crippen LogP contribution in [0.2, 0.25) is 0 Å². The van der Waals surface area contributed by atoms with Crippen LogP contribution < -0.4 is 0 Å². The predicted molar refractivity (Wildman–Crippen MR) is 128 cm³/mol. The molecule has 1 amide bonds. The molecule has 10 heteroatoms. The Bertz CT molecular complexity index is 1130. The van der Waals surface area contributed by atoms with Crippen LogP contribution in [0.25, 0.3) is 5.76 Å². The molecule has 1 N–H and O–H groups in total. The molecule has 0 aliphatic carbocycles. The number of amides is 1. The molecule has 0 bridgehead atoms. The number of Topliss-reactive ketones (excluding diaryl/α,β-unsaturated/α-hetero) is 1. The lowest BCUT2D eigenvalue weighted by molar-refractivity contribution is -0.384. The van der Waals surface area contributed by atoms with E-state index in [1.807, 2.05) is 0 Å². The number of halogens is 1. The lowest BCUT2D eigenvalue weighted by atomic mass is 9.95. The van der Waals surface area contributed by atoms with Crippen LogP contribution >= 0.6 is 15.9 Å². The Balaban J connectivity index is 1.70. The summed E-state index contributed by atoms with van der Waals surface area (Å²) in [5, 5.41) is 22.4. The van der Waals surface area contributed by atoms with Gasteiger partial charge < -0.3 is 14.7 Å². The summed E-state index contributed by atoms with van der Waals surface area (Å²) in [6, 6.07) is 11.6. The SMILES string of the molecule is O=C1C(=O)N(CCCN2CCOCC2)C(c2cccc([N+](=O)[O-])c2)/C1=C(/O)c1ccc(Br)cc1. The fourth-order valence-corrected chi connectivity index (χ4v) is 4.58. The minimum absolute atomic E-state index is 0.0702. The Labute approximate surface area is 204 Å². The summed E-state index contributed by atoms with van der Waals surface area (Å²) >= 11 is 3.34. The third-order valence-electron chi connectivity index (χ3n) is 6.03. The van der Waals surface area contributed by atoms with E-state index >= 15 is 0 Å². The molecule has 2 aromatic rings. The number of benzene rings is 2. The standard InChI is InChI=1S/C24H24BrN3O6/c25-18-7-5-16(6-8-18)22(29)20-21(17-3-1-4-19(15-17)28(32)33)27(24(31)23(20)30)10-2-9-26-11-13-34-14-12-26/h1,3-8,15,21,29H,2,9-14H2/b22-20-. The highest BCUT2D eigenvalue weighted by atomic mass is 79.9. The summed E-state index contributed by atoms with van der Waals surface area (Å²) in [6.45, 7) is 3.91. The van der Waals surface area contributed by atoms with Gasteiger partial charge in [-0.25, -0.2) is 0 Å². The number of nitro groups is 1. The molecule has 2 aromatic carbocycles. The van der Waals surface area contributed by atoms with Gasteiger partial charge in [0.15, 0.2) is 0 Å². The number of likely N-dealkylation sites (tertiary alicyclic amines) is 1. The number of morpholine rings is 1. The molecule has 178 valence electrons. The van der Waals surface area contributed by atoms with Crippen molar-refractivity contribution in [3.05, 3.63) is 79.8 Å². The van der Waals surface area contributed by atoms with E-state index in [1.165, 1.54) is 23.1 Å². The number of nitro benzene ring substituents is 1. The maximum atomic E-state index is 13.1. The average molecular weight is 530 g/mol. The van der Waals surface area contributed by atoms with Crippen LogP contribution in [0.1, 0.15) is 23.6 Å². The molecule has 0 saturated carbocycles. The normalized spacial score (nSPS) is 20.6. The van der Waals surface area contributed by atoms with Crippen LogP contribution in [0.5, 0.6) is 0 Å². The smallest absolute Gasteiger partial charge is 0.295 e. The molecule has 4 rings (SSSR count). The zero-order valence-corrected chi connectivity index (χ0v) is 19.9. The number of hydrogen-bond acceptors (Lipinski definition) is 7. The molecular weight excluding hydrogens is 506 g/mol. The van der Waals surface area contributed by atoms with Crippen LogP contribution in [-0.2, 0) is 14.3 Å². The molecule has 2 heterocycles. The first kappa shape index (κ1) is 24.1. The van der Waals surface area contributed by atoms with Crippen molar-refractivity contribution in [2.24, 2.45) is 0 Å². The summed E-state index contributed by atoms with van der Waals surface area (Å²) < 4.78 is 6.16. The largest absolute Gasteiger partial charge is 0.507 e. The highest BCUT2D eigenvalue weighted by molar-refractivity contribution is 9.10. The maximum Gasteiger partial charge on any atom is 0.295 e. The van der Waals surface area contributed by atoms with Crippen molar-refractivity contribution in [2.75, 3.05) is 39.4 Å². The molecule has 0 spiro atoms. The van der Waals surface area contributed by atoms with E-state index in [9.17, 15) is 24.8 Å². The lowest BCUT2D eigenvalue weighted by Crippen LogP contribution is -2.39. The summed E-state index contributed by atoms with van der Waals surface area (Å²) in [5.41, 5.74) is 0.558. The quantitative estimate of drug-likeness (QED) is 0.192. The highest BCUT2D eigenvalue weighted by Crippen LogP contribution is 2.40. The first-order valence-electron chi connectivity index (χ1n) is 11.0. The Morgan fingerprint density at radius 3 is 2.50 bits per heavy atom. The number of ketones is 1. The van der Waals surface area contributed by atoms with Gasteiger partial charge >= 0.3 is 0 Å². The monoisotopic (exact) mass is 529 g/mol. The van der Waals surface area contributed by atoms with Crippen LogP contribution in [0.4, 0.5) is 5.69 Å². The van der Waals surface area contributed by atoms with E-state index in [2.05, 4.69) is 20.8 Å². The van der Waals surface area contributed by atoms with Crippen LogP contribution in [0, 0.1) is 10.1 Å². The predicted octanol–water partition coefficient (Wildman–Crippen LogP) is 3.50. The average Bonchev–Trinajstić information content (AvgIpc) is 3.10. The van der Waals surface area contributed by atoms with Gasteiger partial charge in [-0.1, -0.05) is 40.2 Å². The van der Waals surface area contributed by atoms with Crippen molar-refractivity contribution in [3.63, 3.8) is 0 Å². The number of aliphatic hydroxyl groups excluding tert-OH is 1. The van der Waals surface area contributed by atoms with Gasteiger partial charge in [0.1, 0.15) is 5.76 Å². The van der Waals surface area contributed by atoms with Gasteiger partial charge in [-0.2, -0.15) is 0 Å². The van der Waals surface area contributed by atoms with E-state index in [4.69, 9.17) is 4.74 Å². The van der Waals surface area contributed by atoms with Gasteiger partial charge in [0, 0.05) is 48.3 Å². The fourth-order valence-electron chi connectivity index (χ4n) is 4.32. The Morgan fingerprint density at radius 1 is 1.12 bits per heavy atom. The minimum Gasteiger partial charge on any atom is -0.507 e. The van der Waals surface area contributed by atoms with E-state index < -0.39 is 22.7 Å². The summed E-state index contributed by atoms with van der Waals surface area (Å²) in [5.74, 6) is -1.83. The molecule has 1 unspecified atom stereocenters. The molecule has 34 heavy (non-hydrogen) atoms. The second kappa shape index (κ2) is 10.5. The van der Waals surface area contributed by atoms with E-state index in [0.29, 0.717) is 30.8 Å². The van der Waals surface area contributed by atoms with Gasteiger partial charge in [0.2, 0.25) is 0 Å². The van der Waals surface area contributed by atoms with Gasteiger partial charge in [-0.3, -0.25) is 24.6 Å². The maximum absolute atomic E-state index is 13.1. The summed E-state index contributed by atoms with van der Waals surface area (Å²) in [4.78, 5) is 40.6. The Kier molecular flexibility index (Phi) is 7.40. The zero-order chi connectivity index (χ0) is 24.2. The number of nitrogens with zero attached hydrogens (tertiary/aromatic N) is 3. The second-order valence-corrected chi connectivity index (χ2v) is 9.07. The third kappa shape index (κ3) is 5.03. The Morgan fingerprint density at radius 2 is 1.82 bits per heavy atom. The molecular formula is C24H24BrN3O6. The molecule has 2 saturated heterocycles. The van der Waals surface area contributed by atoms with Gasteiger partial charge in [0.25, 0.3) is 17.4 Å². The molecule has 0 radical (unpaired) electrons. The number of carbonyl (C=O) groups is 2. The number of non-ortho nitro benzene ring substituents is 1. The minimum atomic E-state index is -0.923. The topological polar surface area (TPSA) is 113 Å². The molecule has 1 atom stereocenters. The summed E-state index contributed by atoms with van der Waals surface area (Å²) in [6.07, 6.45) is 0.608. The number of rotatable bonds is 7. The molecule has 2 aliphatic rings. The van der Waals surface area contributed by atoms with Crippen molar-refractivity contribution in [2.45, 2.75) is 12.5 Å². The number of ether oxygens (including phenoxy) is 1. The Hall–Kier alpha value is -3.08. The first-order chi connectivity index (χ1) is 16.4. The van der Waals surface area contributed by atoms with E-state index in [1.54, 1.807) is 30.3 Å². The number of aliphatic hydroxyl groups is 1. The zero-order valence-electron chi connectivity index (χ0n) is 18.4. The van der Waals surface area contributed by atoms with Crippen LogP contribution in [-0.4, -0.2) is 70.9 Å². The van der Waals surface area contributed by atoms with Crippen molar-refractivity contribution in [1.29, 1.82) is 0 Å². The van der Waals surface area contributed by atoms with E-state index in [0.717, 1.165) is 24.1 Å². The number of hydrogen-bond donors (Lipinski definition) is 1. The molecule has 9 nitrogen and oxygen atoms in total. The van der Waals surface area contributed by atoms with Gasteiger partial charge in [-0.05, 0) is 24.1 Å². The van der Waals surface area contributed by atoms with E-state index in [-0.39, 0.29) is 23.6 Å². The van der Waals surface area contributed by atoms with Crippen molar-refractivity contribution >= 4 is 39.1 Å². The summed E-state index contributed by atoms with van der Waals surface area (Å²) in [7, 11) is 0. The van der Waals surface area contributed by atoms with Gasteiger partial charge in [0.05, 0.1) is 29.8 Å². The molecule has 0 aromatic heterocycles. The highest BCUT2D eigenvalue weighted by Gasteiger charge is 2.46. The number of carbonyl (C=O) groups excluding carboxylic acids is 2. The van der Waals surface area contributed by atoms with Gasteiger partial charge in [-0.15, -0.1) is 0 Å². The van der Waals surface area contributed by atoms with Crippen molar-refractivity contribution in [3.8, 4) is 0 Å². The lowest BCUT2D eigenvalue weighted by Gasteiger charge is -2.29. The van der Waals surface area contributed by atoms with Crippen LogP contribution in [0.3, 0.4) is 0 Å². The fraction of sp³-hybridized carbons (Fsp3) is 0.333. The van der Waals surface area contributed by atoms with Crippen molar-refractivity contribution in [1.82, 2.24) is 9.80 Å². The molecule has 2 aliphatic heterocycles. The molecule has 2 fully saturated rings. The van der Waals surface area contributed by atoms with Crippen molar-refractivity contribution < 1.29 is 24.4 Å². The second-order valence-electron chi connectivity index (χ2n) is 8.16. The third-order valence-corrected chi connectivity index (χ3v) is 6.56. The van der Waals surface area contributed by atoms with Crippen LogP contribution in [0.15, 0.2) is 58.6 Å². The first-order valence-corrected chi connectivity index (χ1v) is 11.7.